The molecule has 50 heavy (non-hydrogen) atoms. The molecule has 0 aromatic rings. The van der Waals surface area contributed by atoms with Gasteiger partial charge in [-0.25, -0.2) is 4.57 Å². The first-order valence-electron chi connectivity index (χ1n) is 19.6. The normalized spacial score (nSPS) is 13.1. The molecule has 0 fully saturated rings. The second-order valence-electron chi connectivity index (χ2n) is 12.9. The van der Waals surface area contributed by atoms with E-state index in [0.29, 0.717) is 12.8 Å². The van der Waals surface area contributed by atoms with Crippen LogP contribution in [0.4, 0.5) is 0 Å². The molecule has 0 aliphatic heterocycles. The molecular weight excluding hydrogens is 651 g/mol. The molecule has 0 aliphatic carbocycles. The number of carbonyl (C=O) groups is 2. The van der Waals surface area contributed by atoms with E-state index in [1.165, 1.54) is 64.2 Å². The maximum Gasteiger partial charge on any atom is 0.469 e. The molecule has 9 heteroatoms. The number of unbranched alkanes of at least 4 members (excludes halogenated alkanes) is 15. The second kappa shape index (κ2) is 36.5. The average molecular weight is 723 g/mol. The van der Waals surface area contributed by atoms with Crippen LogP contribution in [0.3, 0.4) is 0 Å². The number of rotatable bonds is 35. The van der Waals surface area contributed by atoms with E-state index in [9.17, 15) is 14.2 Å². The van der Waals surface area contributed by atoms with Crippen molar-refractivity contribution in [1.82, 2.24) is 0 Å². The minimum absolute atomic E-state index is 0.183. The number of allylic oxidation sites excluding steroid dienone is 10. The Labute approximate surface area is 305 Å². The van der Waals surface area contributed by atoms with Gasteiger partial charge in [-0.05, 0) is 77.0 Å². The Bertz CT molecular complexity index is 995. The van der Waals surface area contributed by atoms with Gasteiger partial charge in [-0.15, -0.1) is 0 Å². The maximum absolute atomic E-state index is 12.4. The monoisotopic (exact) mass is 722 g/mol. The van der Waals surface area contributed by atoms with E-state index >= 15 is 0 Å². The van der Waals surface area contributed by atoms with Crippen LogP contribution in [0.15, 0.2) is 60.8 Å². The molecule has 0 bridgehead atoms. The highest BCUT2D eigenvalue weighted by atomic mass is 31.2. The molecule has 2 N–H and O–H groups in total. The van der Waals surface area contributed by atoms with E-state index in [4.69, 9.17) is 19.3 Å². The largest absolute Gasteiger partial charge is 0.469 e. The number of phosphoric acid groups is 1. The Kier molecular flexibility index (Phi) is 34.9. The highest BCUT2D eigenvalue weighted by Crippen LogP contribution is 2.36. The lowest BCUT2D eigenvalue weighted by Crippen LogP contribution is -2.29. The molecule has 0 saturated heterocycles. The molecule has 0 saturated carbocycles. The zero-order valence-corrected chi connectivity index (χ0v) is 32.4. The van der Waals surface area contributed by atoms with Crippen LogP contribution in [0.25, 0.3) is 0 Å². The minimum Gasteiger partial charge on any atom is -0.462 e. The van der Waals surface area contributed by atoms with Crippen molar-refractivity contribution in [1.29, 1.82) is 0 Å². The van der Waals surface area contributed by atoms with Crippen LogP contribution in [0, 0.1) is 0 Å². The molecule has 0 aromatic heterocycles. The number of hydrogen-bond acceptors (Lipinski definition) is 6. The molecule has 0 unspecified atom stereocenters. The number of esters is 2. The average Bonchev–Trinajstić information content (AvgIpc) is 3.08. The Balaban J connectivity index is 4.08. The van der Waals surface area contributed by atoms with Crippen molar-refractivity contribution in [3.63, 3.8) is 0 Å². The van der Waals surface area contributed by atoms with Crippen LogP contribution in [0.5, 0.6) is 0 Å². The third-order valence-electron chi connectivity index (χ3n) is 8.01. The van der Waals surface area contributed by atoms with Crippen molar-refractivity contribution in [3.05, 3.63) is 60.8 Å². The fourth-order valence-corrected chi connectivity index (χ4v) is 5.42. The molecule has 0 radical (unpaired) electrons. The van der Waals surface area contributed by atoms with Crippen LogP contribution in [0.2, 0.25) is 0 Å². The third kappa shape index (κ3) is 38.6. The number of carbonyl (C=O) groups excluding carboxylic acids is 2. The number of phosphoric ester groups is 1. The van der Waals surface area contributed by atoms with Gasteiger partial charge in [0.25, 0.3) is 0 Å². The zero-order chi connectivity index (χ0) is 36.8. The van der Waals surface area contributed by atoms with Crippen LogP contribution in [-0.4, -0.2) is 41.0 Å². The van der Waals surface area contributed by atoms with Gasteiger partial charge in [0.15, 0.2) is 6.10 Å². The Morgan fingerprint density at radius 3 is 1.44 bits per heavy atom. The van der Waals surface area contributed by atoms with Crippen LogP contribution >= 0.6 is 7.82 Å². The van der Waals surface area contributed by atoms with E-state index in [2.05, 4.69) is 73.1 Å². The fourth-order valence-electron chi connectivity index (χ4n) is 5.06. The standard InChI is InChI=1S/C41H71O8P/c1-3-5-7-9-11-13-15-17-19-20-22-23-25-27-29-31-33-35-40(42)47-37-39(38-48-50(44,45)46)49-41(43)36-34-32-30-28-26-24-21-18-16-14-12-10-8-6-4-2/h12,14,17-19,21-23,27,29,39H,3-11,13,15-16,20,24-26,28,30-38H2,1-2H3,(H2,44,45,46)/b14-12-,19-17-,21-18-,23-22-,29-27-/t39-/m1/s1. The van der Waals surface area contributed by atoms with Crippen molar-refractivity contribution in [2.24, 2.45) is 0 Å². The summed E-state index contributed by atoms with van der Waals surface area (Å²) in [4.78, 5) is 42.7. The summed E-state index contributed by atoms with van der Waals surface area (Å²) in [6.07, 6.45) is 45.2. The van der Waals surface area contributed by atoms with Crippen molar-refractivity contribution in [2.75, 3.05) is 13.2 Å². The first-order valence-corrected chi connectivity index (χ1v) is 21.1. The fraction of sp³-hybridized carbons (Fsp3) is 0.707. The lowest BCUT2D eigenvalue weighted by Gasteiger charge is -2.18. The van der Waals surface area contributed by atoms with Gasteiger partial charge >= 0.3 is 19.8 Å². The SMILES string of the molecule is CCCCC/C=C\C/C=C\CCCCCCCC(=O)O[C@H](COC(=O)CCC/C=C\C/C=C\C/C=C\CCCCCCCC)COP(=O)(O)O. The van der Waals surface area contributed by atoms with E-state index in [1.54, 1.807) is 0 Å². The molecule has 0 amide bonds. The van der Waals surface area contributed by atoms with E-state index in [1.807, 2.05) is 6.08 Å². The highest BCUT2D eigenvalue weighted by molar-refractivity contribution is 7.46. The smallest absolute Gasteiger partial charge is 0.462 e. The topological polar surface area (TPSA) is 119 Å². The predicted molar refractivity (Wildman–Crippen MR) is 207 cm³/mol. The van der Waals surface area contributed by atoms with Crippen LogP contribution in [-0.2, 0) is 28.2 Å². The highest BCUT2D eigenvalue weighted by Gasteiger charge is 2.22. The summed E-state index contributed by atoms with van der Waals surface area (Å²) in [6, 6.07) is 0. The molecule has 0 spiro atoms. The van der Waals surface area contributed by atoms with Gasteiger partial charge in [-0.2, -0.15) is 0 Å². The summed E-state index contributed by atoms with van der Waals surface area (Å²) in [5.41, 5.74) is 0. The molecular formula is C41H71O8P. The molecule has 288 valence electrons. The van der Waals surface area contributed by atoms with Gasteiger partial charge in [0.1, 0.15) is 6.61 Å². The number of ether oxygens (including phenoxy) is 2. The zero-order valence-electron chi connectivity index (χ0n) is 31.5. The van der Waals surface area contributed by atoms with Gasteiger partial charge < -0.3 is 19.3 Å². The lowest BCUT2D eigenvalue weighted by atomic mass is 10.1. The molecule has 0 heterocycles. The van der Waals surface area contributed by atoms with Crippen molar-refractivity contribution >= 4 is 19.8 Å². The second-order valence-corrected chi connectivity index (χ2v) is 14.1. The minimum atomic E-state index is -4.77. The number of hydrogen-bond donors (Lipinski definition) is 2. The summed E-state index contributed by atoms with van der Waals surface area (Å²) >= 11 is 0. The van der Waals surface area contributed by atoms with Crippen LogP contribution in [0.1, 0.15) is 168 Å². The van der Waals surface area contributed by atoms with Crippen molar-refractivity contribution < 1.29 is 37.9 Å². The lowest BCUT2D eigenvalue weighted by molar-refractivity contribution is -0.161. The molecule has 0 aromatic carbocycles. The van der Waals surface area contributed by atoms with Crippen molar-refractivity contribution in [3.8, 4) is 0 Å². The van der Waals surface area contributed by atoms with E-state index in [-0.39, 0.29) is 19.4 Å². The third-order valence-corrected chi connectivity index (χ3v) is 8.49. The first-order chi connectivity index (χ1) is 24.3. The Morgan fingerprint density at radius 2 is 0.920 bits per heavy atom. The molecule has 0 rings (SSSR count). The van der Waals surface area contributed by atoms with E-state index < -0.39 is 32.5 Å². The summed E-state index contributed by atoms with van der Waals surface area (Å²) in [5.74, 6) is -0.966. The predicted octanol–water partition coefficient (Wildman–Crippen LogP) is 11.7. The summed E-state index contributed by atoms with van der Waals surface area (Å²) in [5, 5.41) is 0. The van der Waals surface area contributed by atoms with Gasteiger partial charge in [0.2, 0.25) is 0 Å². The van der Waals surface area contributed by atoms with Gasteiger partial charge in [0, 0.05) is 12.8 Å². The van der Waals surface area contributed by atoms with E-state index in [0.717, 1.165) is 64.2 Å². The van der Waals surface area contributed by atoms with Crippen molar-refractivity contribution in [2.45, 2.75) is 174 Å². The first kappa shape index (κ1) is 47.8. The molecule has 8 nitrogen and oxygen atoms in total. The summed E-state index contributed by atoms with van der Waals surface area (Å²) in [6.45, 7) is 3.58. The molecule has 1 atom stereocenters. The van der Waals surface area contributed by atoms with Gasteiger partial charge in [0.05, 0.1) is 6.61 Å². The maximum atomic E-state index is 12.4. The Hall–Kier alpha value is -2.25. The van der Waals surface area contributed by atoms with Gasteiger partial charge in [-0.3, -0.25) is 14.1 Å². The van der Waals surface area contributed by atoms with Gasteiger partial charge in [-0.1, -0.05) is 139 Å². The summed E-state index contributed by atoms with van der Waals surface area (Å²) in [7, 11) is -4.77. The summed E-state index contributed by atoms with van der Waals surface area (Å²) < 4.78 is 26.3. The Morgan fingerprint density at radius 1 is 0.520 bits per heavy atom. The molecule has 0 aliphatic rings. The quantitative estimate of drug-likeness (QED) is 0.0287. The van der Waals surface area contributed by atoms with Crippen LogP contribution < -0.4 is 0 Å².